The maximum atomic E-state index is 12.7. The molecule has 0 radical (unpaired) electrons. The fourth-order valence-corrected chi connectivity index (χ4v) is 3.09. The van der Waals surface area contributed by atoms with E-state index >= 15 is 0 Å². The van der Waals surface area contributed by atoms with Crippen LogP contribution in [0.5, 0.6) is 0 Å². The third-order valence-corrected chi connectivity index (χ3v) is 4.64. The summed E-state index contributed by atoms with van der Waals surface area (Å²) < 4.78 is 38.0. The zero-order chi connectivity index (χ0) is 19.3. The van der Waals surface area contributed by atoms with E-state index < -0.39 is 11.7 Å². The van der Waals surface area contributed by atoms with E-state index in [4.69, 9.17) is 0 Å². The van der Waals surface area contributed by atoms with Gasteiger partial charge in [0.2, 0.25) is 0 Å². The number of likely N-dealkylation sites (tertiary alicyclic amines) is 1. The molecule has 0 saturated carbocycles. The average Bonchev–Trinajstić information content (AvgIpc) is 2.63. The molecule has 1 aromatic rings. The smallest absolute Gasteiger partial charge is 0.325 e. The number of alkyl halides is 3. The molecular formula is C19H22F3N3O. The number of nitriles is 1. The van der Waals surface area contributed by atoms with Gasteiger partial charge in [0.05, 0.1) is 17.2 Å². The van der Waals surface area contributed by atoms with Gasteiger partial charge in [0, 0.05) is 26.2 Å². The first kappa shape index (κ1) is 19.8. The lowest BCUT2D eigenvalue weighted by Crippen LogP contribution is -2.45. The molecule has 0 bridgehead atoms. The number of benzene rings is 1. The SMILES string of the molecule is CCN(CC)C(=O)N1CCC(=C(C#N)c2ccc(C(F)(F)F)cc2)CC1. The van der Waals surface area contributed by atoms with Gasteiger partial charge in [-0.05, 0) is 50.0 Å². The Morgan fingerprint density at radius 3 is 2.12 bits per heavy atom. The van der Waals surface area contributed by atoms with Gasteiger partial charge in [-0.3, -0.25) is 0 Å². The van der Waals surface area contributed by atoms with Gasteiger partial charge >= 0.3 is 12.2 Å². The number of piperidine rings is 1. The second-order valence-corrected chi connectivity index (χ2v) is 6.11. The molecule has 7 heteroatoms. The molecule has 1 fully saturated rings. The Bertz CT molecular complexity index is 703. The molecule has 1 aromatic carbocycles. The minimum atomic E-state index is -4.39. The number of rotatable bonds is 3. The van der Waals surface area contributed by atoms with Crippen LogP contribution in [0.25, 0.3) is 5.57 Å². The molecule has 0 atom stereocenters. The summed E-state index contributed by atoms with van der Waals surface area (Å²) in [7, 11) is 0. The molecule has 1 aliphatic rings. The molecule has 2 amide bonds. The van der Waals surface area contributed by atoms with Gasteiger partial charge < -0.3 is 9.80 Å². The van der Waals surface area contributed by atoms with Crippen molar-refractivity contribution >= 4 is 11.6 Å². The van der Waals surface area contributed by atoms with Crippen LogP contribution in [0.2, 0.25) is 0 Å². The van der Waals surface area contributed by atoms with Crippen LogP contribution in [0, 0.1) is 11.3 Å². The van der Waals surface area contributed by atoms with Crippen LogP contribution in [0.15, 0.2) is 29.8 Å². The normalized spacial score (nSPS) is 14.8. The molecule has 1 heterocycles. The van der Waals surface area contributed by atoms with Crippen molar-refractivity contribution in [1.29, 1.82) is 5.26 Å². The van der Waals surface area contributed by atoms with E-state index in [0.717, 1.165) is 17.7 Å². The fourth-order valence-electron chi connectivity index (χ4n) is 3.09. The molecule has 4 nitrogen and oxygen atoms in total. The van der Waals surface area contributed by atoms with Crippen LogP contribution in [0.4, 0.5) is 18.0 Å². The summed E-state index contributed by atoms with van der Waals surface area (Å²) in [6.45, 7) is 6.16. The molecule has 1 aliphatic heterocycles. The molecule has 2 rings (SSSR count). The van der Waals surface area contributed by atoms with Gasteiger partial charge in [0.1, 0.15) is 0 Å². The van der Waals surface area contributed by atoms with Crippen molar-refractivity contribution in [3.05, 3.63) is 41.0 Å². The lowest BCUT2D eigenvalue weighted by atomic mass is 9.93. The number of hydrogen-bond acceptors (Lipinski definition) is 2. The summed E-state index contributed by atoms with van der Waals surface area (Å²) in [5, 5.41) is 9.48. The highest BCUT2D eigenvalue weighted by atomic mass is 19.4. The van der Waals surface area contributed by atoms with Crippen LogP contribution in [0.3, 0.4) is 0 Å². The molecule has 140 valence electrons. The first-order chi connectivity index (χ1) is 12.3. The number of urea groups is 1. The summed E-state index contributed by atoms with van der Waals surface area (Å²) in [6, 6.07) is 6.76. The van der Waals surface area contributed by atoms with Crippen LogP contribution in [-0.2, 0) is 6.18 Å². The molecule has 26 heavy (non-hydrogen) atoms. The number of hydrogen-bond donors (Lipinski definition) is 0. The van der Waals surface area contributed by atoms with Crippen LogP contribution < -0.4 is 0 Å². The first-order valence-corrected chi connectivity index (χ1v) is 8.65. The largest absolute Gasteiger partial charge is 0.416 e. The van der Waals surface area contributed by atoms with Crippen molar-refractivity contribution in [3.63, 3.8) is 0 Å². The molecule has 0 unspecified atom stereocenters. The summed E-state index contributed by atoms with van der Waals surface area (Å²) in [5.41, 5.74) is 1.05. The Labute approximate surface area is 151 Å². The standard InChI is InChI=1S/C19H22F3N3O/c1-3-24(4-2)18(26)25-11-9-15(10-12-25)17(13-23)14-5-7-16(8-6-14)19(20,21)22/h5-8H,3-4,9-12H2,1-2H3. The summed E-state index contributed by atoms with van der Waals surface area (Å²) >= 11 is 0. The van der Waals surface area contributed by atoms with Crippen LogP contribution in [0.1, 0.15) is 37.8 Å². The Morgan fingerprint density at radius 2 is 1.69 bits per heavy atom. The van der Waals surface area contributed by atoms with Crippen molar-refractivity contribution in [2.24, 2.45) is 0 Å². The Morgan fingerprint density at radius 1 is 1.15 bits per heavy atom. The maximum absolute atomic E-state index is 12.7. The van der Waals surface area contributed by atoms with E-state index in [1.165, 1.54) is 12.1 Å². The van der Waals surface area contributed by atoms with Crippen molar-refractivity contribution in [2.45, 2.75) is 32.9 Å². The Kier molecular flexibility index (Phi) is 6.30. The van der Waals surface area contributed by atoms with Gasteiger partial charge in [0.25, 0.3) is 0 Å². The molecular weight excluding hydrogens is 343 g/mol. The lowest BCUT2D eigenvalue weighted by Gasteiger charge is -2.33. The maximum Gasteiger partial charge on any atom is 0.416 e. The molecule has 1 saturated heterocycles. The summed E-state index contributed by atoms with van der Waals surface area (Å²) in [4.78, 5) is 15.9. The van der Waals surface area contributed by atoms with Crippen molar-refractivity contribution in [2.75, 3.05) is 26.2 Å². The highest BCUT2D eigenvalue weighted by Gasteiger charge is 2.30. The highest BCUT2D eigenvalue weighted by molar-refractivity contribution is 5.80. The summed E-state index contributed by atoms with van der Waals surface area (Å²) in [6.07, 6.45) is -3.29. The monoisotopic (exact) mass is 365 g/mol. The summed E-state index contributed by atoms with van der Waals surface area (Å²) in [5.74, 6) is 0. The van der Waals surface area contributed by atoms with E-state index in [1.807, 2.05) is 13.8 Å². The Hall–Kier alpha value is -2.49. The van der Waals surface area contributed by atoms with E-state index in [9.17, 15) is 23.2 Å². The molecule has 0 aromatic heterocycles. The topological polar surface area (TPSA) is 47.3 Å². The molecule has 0 spiro atoms. The quantitative estimate of drug-likeness (QED) is 0.739. The third kappa shape index (κ3) is 4.37. The van der Waals surface area contributed by atoms with Gasteiger partial charge in [-0.25, -0.2) is 4.79 Å². The highest BCUT2D eigenvalue weighted by Crippen LogP contribution is 2.32. The zero-order valence-corrected chi connectivity index (χ0v) is 14.9. The van der Waals surface area contributed by atoms with Gasteiger partial charge in [-0.1, -0.05) is 12.1 Å². The van der Waals surface area contributed by atoms with Crippen LogP contribution >= 0.6 is 0 Å². The van der Waals surface area contributed by atoms with Crippen molar-refractivity contribution < 1.29 is 18.0 Å². The second kappa shape index (κ2) is 8.26. The van der Waals surface area contributed by atoms with Gasteiger partial charge in [-0.2, -0.15) is 18.4 Å². The van der Waals surface area contributed by atoms with Crippen molar-refractivity contribution in [1.82, 2.24) is 9.80 Å². The molecule has 0 aliphatic carbocycles. The predicted octanol–water partition coefficient (Wildman–Crippen LogP) is 4.54. The average molecular weight is 365 g/mol. The number of carbonyl (C=O) groups is 1. The lowest BCUT2D eigenvalue weighted by molar-refractivity contribution is -0.137. The van der Waals surface area contributed by atoms with E-state index in [0.29, 0.717) is 50.2 Å². The van der Waals surface area contributed by atoms with E-state index in [-0.39, 0.29) is 6.03 Å². The number of allylic oxidation sites excluding steroid dienone is 1. The minimum Gasteiger partial charge on any atom is -0.325 e. The number of amides is 2. The number of halogens is 3. The third-order valence-electron chi connectivity index (χ3n) is 4.64. The predicted molar refractivity (Wildman–Crippen MR) is 93.1 cm³/mol. The fraction of sp³-hybridized carbons (Fsp3) is 0.474. The van der Waals surface area contributed by atoms with Crippen molar-refractivity contribution in [3.8, 4) is 6.07 Å². The number of carbonyl (C=O) groups excluding carboxylic acids is 1. The van der Waals surface area contributed by atoms with E-state index in [1.54, 1.807) is 9.80 Å². The zero-order valence-electron chi connectivity index (χ0n) is 14.9. The molecule has 0 N–H and O–H groups in total. The van der Waals surface area contributed by atoms with Gasteiger partial charge in [0.15, 0.2) is 0 Å². The van der Waals surface area contributed by atoms with Crippen LogP contribution in [-0.4, -0.2) is 42.0 Å². The number of nitrogens with zero attached hydrogens (tertiary/aromatic N) is 3. The Balaban J connectivity index is 2.15. The van der Waals surface area contributed by atoms with E-state index in [2.05, 4.69) is 6.07 Å². The second-order valence-electron chi connectivity index (χ2n) is 6.11. The minimum absolute atomic E-state index is 0.0120. The first-order valence-electron chi connectivity index (χ1n) is 8.65. The van der Waals surface area contributed by atoms with Gasteiger partial charge in [-0.15, -0.1) is 0 Å².